The van der Waals surface area contributed by atoms with E-state index in [1.54, 1.807) is 12.5 Å². The summed E-state index contributed by atoms with van der Waals surface area (Å²) in [7, 11) is 0. The third-order valence-corrected chi connectivity index (χ3v) is 3.03. The van der Waals surface area contributed by atoms with Crippen molar-refractivity contribution in [2.45, 2.75) is 25.4 Å². The van der Waals surface area contributed by atoms with Gasteiger partial charge in [-0.05, 0) is 25.0 Å². The van der Waals surface area contributed by atoms with Crippen molar-refractivity contribution < 1.29 is 14.3 Å². The summed E-state index contributed by atoms with van der Waals surface area (Å²) in [5.41, 5.74) is -0.0393. The van der Waals surface area contributed by atoms with Gasteiger partial charge in [-0.1, -0.05) is 0 Å². The molecule has 2 aromatic heterocycles. The second kappa shape index (κ2) is 4.72. The Morgan fingerprint density at radius 3 is 2.95 bits per heavy atom. The first kappa shape index (κ1) is 11.7. The molecule has 1 aliphatic rings. The Kier molecular flexibility index (Phi) is 2.91. The van der Waals surface area contributed by atoms with Gasteiger partial charge in [-0.3, -0.25) is 4.98 Å². The van der Waals surface area contributed by atoms with Crippen LogP contribution in [0.25, 0.3) is 0 Å². The Bertz CT molecular complexity index is 579. The van der Waals surface area contributed by atoms with Crippen LogP contribution in [0.1, 0.15) is 29.1 Å². The molecule has 98 valence electrons. The van der Waals surface area contributed by atoms with Crippen molar-refractivity contribution >= 4 is 11.8 Å². The molecule has 0 atom stereocenters. The third kappa shape index (κ3) is 2.57. The zero-order valence-electron chi connectivity index (χ0n) is 10.2. The van der Waals surface area contributed by atoms with Crippen molar-refractivity contribution in [3.05, 3.63) is 42.2 Å². The maximum absolute atomic E-state index is 10.9. The Hall–Kier alpha value is -2.37. The van der Waals surface area contributed by atoms with Crippen LogP contribution in [0.15, 0.2) is 35.2 Å². The third-order valence-electron chi connectivity index (χ3n) is 3.03. The summed E-state index contributed by atoms with van der Waals surface area (Å²) in [5, 5.41) is 8.96. The Labute approximate surface area is 109 Å². The van der Waals surface area contributed by atoms with Gasteiger partial charge in [-0.25, -0.2) is 9.78 Å². The second-order valence-electron chi connectivity index (χ2n) is 4.51. The molecule has 6 nitrogen and oxygen atoms in total. The molecule has 3 rings (SSSR count). The number of carboxylic acid groups (broad SMARTS) is 1. The fourth-order valence-corrected chi connectivity index (χ4v) is 1.95. The smallest absolute Gasteiger partial charge is 0.356 e. The van der Waals surface area contributed by atoms with Gasteiger partial charge in [0.1, 0.15) is 11.6 Å². The molecule has 0 bridgehead atoms. The number of hydrogen-bond donors (Lipinski definition) is 1. The van der Waals surface area contributed by atoms with Crippen LogP contribution >= 0.6 is 0 Å². The van der Waals surface area contributed by atoms with Crippen LogP contribution in [0.4, 0.5) is 5.82 Å². The lowest BCUT2D eigenvalue weighted by atomic mass is 10.3. The molecule has 0 radical (unpaired) electrons. The van der Waals surface area contributed by atoms with Crippen LogP contribution in [0.3, 0.4) is 0 Å². The first-order valence-electron chi connectivity index (χ1n) is 6.08. The van der Waals surface area contributed by atoms with E-state index >= 15 is 0 Å². The van der Waals surface area contributed by atoms with Gasteiger partial charge in [-0.15, -0.1) is 0 Å². The van der Waals surface area contributed by atoms with Crippen molar-refractivity contribution in [1.82, 2.24) is 9.97 Å². The molecule has 1 saturated carbocycles. The molecule has 1 aliphatic carbocycles. The fourth-order valence-electron chi connectivity index (χ4n) is 1.95. The van der Waals surface area contributed by atoms with E-state index in [4.69, 9.17) is 9.52 Å². The van der Waals surface area contributed by atoms with Gasteiger partial charge in [0.25, 0.3) is 0 Å². The van der Waals surface area contributed by atoms with E-state index < -0.39 is 5.97 Å². The number of furan rings is 1. The minimum absolute atomic E-state index is 0.0393. The molecular formula is C13H13N3O3. The molecule has 19 heavy (non-hydrogen) atoms. The maximum Gasteiger partial charge on any atom is 0.356 e. The van der Waals surface area contributed by atoms with E-state index in [1.165, 1.54) is 6.20 Å². The highest BCUT2D eigenvalue weighted by atomic mass is 16.4. The zero-order chi connectivity index (χ0) is 13.2. The highest BCUT2D eigenvalue weighted by molar-refractivity contribution is 5.85. The standard InChI is InChI=1S/C13H13N3O3/c17-13(18)11-6-14-7-12(15-11)16(9-3-4-9)8-10-2-1-5-19-10/h1-2,5-7,9H,3-4,8H2,(H,17,18). The predicted molar refractivity (Wildman–Crippen MR) is 66.9 cm³/mol. The number of carbonyl (C=O) groups is 1. The lowest BCUT2D eigenvalue weighted by Gasteiger charge is -2.22. The van der Waals surface area contributed by atoms with E-state index in [-0.39, 0.29) is 5.69 Å². The molecule has 0 aliphatic heterocycles. The number of anilines is 1. The summed E-state index contributed by atoms with van der Waals surface area (Å²) in [6.07, 6.45) is 6.64. The average molecular weight is 259 g/mol. The first-order chi connectivity index (χ1) is 9.24. The van der Waals surface area contributed by atoms with Crippen LogP contribution in [0, 0.1) is 0 Å². The maximum atomic E-state index is 10.9. The Morgan fingerprint density at radius 1 is 1.47 bits per heavy atom. The van der Waals surface area contributed by atoms with Crippen molar-refractivity contribution in [1.29, 1.82) is 0 Å². The van der Waals surface area contributed by atoms with E-state index in [9.17, 15) is 4.79 Å². The monoisotopic (exact) mass is 259 g/mol. The fraction of sp³-hybridized carbons (Fsp3) is 0.308. The molecule has 2 aromatic rings. The number of aromatic carboxylic acids is 1. The van der Waals surface area contributed by atoms with Crippen molar-refractivity contribution in [2.24, 2.45) is 0 Å². The van der Waals surface area contributed by atoms with Gasteiger partial charge in [0.2, 0.25) is 0 Å². The first-order valence-corrected chi connectivity index (χ1v) is 6.08. The SMILES string of the molecule is O=C(O)c1cncc(N(Cc2ccco2)C2CC2)n1. The number of nitrogens with zero attached hydrogens (tertiary/aromatic N) is 3. The predicted octanol–water partition coefficient (Wildman–Crippen LogP) is 1.94. The number of carboxylic acids is 1. The van der Waals surface area contributed by atoms with Gasteiger partial charge in [0.15, 0.2) is 5.69 Å². The van der Waals surface area contributed by atoms with E-state index in [0.717, 1.165) is 18.6 Å². The highest BCUT2D eigenvalue weighted by Gasteiger charge is 2.31. The average Bonchev–Trinajstić information content (AvgIpc) is 3.13. The van der Waals surface area contributed by atoms with Crippen LogP contribution in [0.2, 0.25) is 0 Å². The molecule has 0 unspecified atom stereocenters. The van der Waals surface area contributed by atoms with E-state index in [2.05, 4.69) is 9.97 Å². The van der Waals surface area contributed by atoms with Crippen molar-refractivity contribution in [2.75, 3.05) is 4.90 Å². The Balaban J connectivity index is 1.87. The molecule has 0 amide bonds. The van der Waals surface area contributed by atoms with Crippen molar-refractivity contribution in [3.63, 3.8) is 0 Å². The summed E-state index contributed by atoms with van der Waals surface area (Å²) < 4.78 is 5.33. The van der Waals surface area contributed by atoms with E-state index in [0.29, 0.717) is 18.4 Å². The highest BCUT2D eigenvalue weighted by Crippen LogP contribution is 2.31. The van der Waals surface area contributed by atoms with E-state index in [1.807, 2.05) is 17.0 Å². The summed E-state index contributed by atoms with van der Waals surface area (Å²) >= 11 is 0. The minimum Gasteiger partial charge on any atom is -0.476 e. The van der Waals surface area contributed by atoms with Crippen molar-refractivity contribution in [3.8, 4) is 0 Å². The molecule has 1 N–H and O–H groups in total. The molecule has 0 spiro atoms. The van der Waals surface area contributed by atoms with Gasteiger partial charge >= 0.3 is 5.97 Å². The zero-order valence-corrected chi connectivity index (χ0v) is 10.2. The van der Waals surface area contributed by atoms with Crippen LogP contribution in [-0.4, -0.2) is 27.1 Å². The lowest BCUT2D eigenvalue weighted by Crippen LogP contribution is -2.26. The molecule has 2 heterocycles. The molecular weight excluding hydrogens is 246 g/mol. The number of hydrogen-bond acceptors (Lipinski definition) is 5. The second-order valence-corrected chi connectivity index (χ2v) is 4.51. The van der Waals surface area contributed by atoms with Gasteiger partial charge in [0.05, 0.1) is 25.2 Å². The summed E-state index contributed by atoms with van der Waals surface area (Å²) in [5.74, 6) is 0.344. The lowest BCUT2D eigenvalue weighted by molar-refractivity contribution is 0.0690. The Morgan fingerprint density at radius 2 is 2.32 bits per heavy atom. The minimum atomic E-state index is -1.07. The topological polar surface area (TPSA) is 79.5 Å². The quantitative estimate of drug-likeness (QED) is 0.883. The van der Waals surface area contributed by atoms with Crippen LogP contribution < -0.4 is 4.90 Å². The van der Waals surface area contributed by atoms with Crippen LogP contribution in [-0.2, 0) is 6.54 Å². The molecule has 0 saturated heterocycles. The van der Waals surface area contributed by atoms with Gasteiger partial charge < -0.3 is 14.4 Å². The summed E-state index contributed by atoms with van der Waals surface area (Å²) in [4.78, 5) is 21.1. The van der Waals surface area contributed by atoms with Crippen LogP contribution in [0.5, 0.6) is 0 Å². The normalized spacial score (nSPS) is 14.3. The molecule has 0 aromatic carbocycles. The number of rotatable bonds is 5. The summed E-state index contributed by atoms with van der Waals surface area (Å²) in [6, 6.07) is 4.12. The summed E-state index contributed by atoms with van der Waals surface area (Å²) in [6.45, 7) is 0.579. The molecule has 1 fully saturated rings. The largest absolute Gasteiger partial charge is 0.476 e. The van der Waals surface area contributed by atoms with Gasteiger partial charge in [-0.2, -0.15) is 0 Å². The van der Waals surface area contributed by atoms with Gasteiger partial charge in [0, 0.05) is 6.04 Å². The molecule has 6 heteroatoms. The number of aromatic nitrogens is 2.